The monoisotopic (exact) mass is 261 g/mol. The lowest BCUT2D eigenvalue weighted by atomic mass is 9.62. The molecule has 0 bridgehead atoms. The molecule has 104 valence electrons. The average Bonchev–Trinajstić information content (AvgIpc) is 2.48. The predicted molar refractivity (Wildman–Crippen MR) is 75.8 cm³/mol. The molecule has 0 radical (unpaired) electrons. The van der Waals surface area contributed by atoms with E-state index in [2.05, 4.69) is 24.3 Å². The number of esters is 1. The van der Waals surface area contributed by atoms with Crippen molar-refractivity contribution >= 4 is 5.97 Å². The molecular weight excluding hydrogens is 238 g/mol. The summed E-state index contributed by atoms with van der Waals surface area (Å²) in [4.78, 5) is 11.7. The van der Waals surface area contributed by atoms with E-state index in [4.69, 9.17) is 10.5 Å². The molecule has 1 saturated carbocycles. The van der Waals surface area contributed by atoms with Crippen molar-refractivity contribution in [3.05, 3.63) is 35.9 Å². The highest BCUT2D eigenvalue weighted by Crippen LogP contribution is 2.49. The fourth-order valence-electron chi connectivity index (χ4n) is 3.40. The van der Waals surface area contributed by atoms with Crippen LogP contribution in [0.1, 0.15) is 43.6 Å². The summed E-state index contributed by atoms with van der Waals surface area (Å²) in [5.74, 6) is 0.222. The van der Waals surface area contributed by atoms with Crippen LogP contribution in [0.15, 0.2) is 30.3 Å². The molecule has 0 heterocycles. The first-order valence-corrected chi connectivity index (χ1v) is 7.04. The van der Waals surface area contributed by atoms with Crippen molar-refractivity contribution in [3.8, 4) is 0 Å². The van der Waals surface area contributed by atoms with Gasteiger partial charge in [0.1, 0.15) is 0 Å². The van der Waals surface area contributed by atoms with E-state index in [9.17, 15) is 4.79 Å². The molecule has 1 aromatic carbocycles. The number of rotatable bonds is 4. The molecule has 0 spiro atoms. The molecule has 2 unspecified atom stereocenters. The molecule has 1 aliphatic rings. The van der Waals surface area contributed by atoms with E-state index in [1.165, 1.54) is 19.1 Å². The van der Waals surface area contributed by atoms with Gasteiger partial charge in [-0.1, -0.05) is 43.2 Å². The summed E-state index contributed by atoms with van der Waals surface area (Å²) in [6, 6.07) is 10.4. The Bertz CT molecular complexity index is 418. The minimum Gasteiger partial charge on any atom is -0.469 e. The number of methoxy groups -OCH3 is 1. The van der Waals surface area contributed by atoms with Gasteiger partial charge in [-0.05, 0) is 36.3 Å². The van der Waals surface area contributed by atoms with Crippen LogP contribution in [-0.2, 0) is 9.53 Å². The maximum Gasteiger partial charge on any atom is 0.306 e. The Morgan fingerprint density at radius 2 is 2.11 bits per heavy atom. The lowest BCUT2D eigenvalue weighted by Crippen LogP contribution is -2.41. The van der Waals surface area contributed by atoms with Crippen molar-refractivity contribution in [3.63, 3.8) is 0 Å². The van der Waals surface area contributed by atoms with Gasteiger partial charge < -0.3 is 10.5 Å². The summed E-state index contributed by atoms with van der Waals surface area (Å²) in [7, 11) is 1.45. The topological polar surface area (TPSA) is 52.3 Å². The molecule has 3 nitrogen and oxygen atoms in total. The van der Waals surface area contributed by atoms with Gasteiger partial charge in [-0.25, -0.2) is 0 Å². The first-order chi connectivity index (χ1) is 9.22. The van der Waals surface area contributed by atoms with Gasteiger partial charge in [0, 0.05) is 0 Å². The molecular formula is C16H23NO2. The molecule has 3 heteroatoms. The van der Waals surface area contributed by atoms with Crippen molar-refractivity contribution < 1.29 is 9.53 Å². The van der Waals surface area contributed by atoms with Crippen LogP contribution in [0.2, 0.25) is 0 Å². The average molecular weight is 261 g/mol. The van der Waals surface area contributed by atoms with E-state index < -0.39 is 0 Å². The van der Waals surface area contributed by atoms with Crippen LogP contribution in [0.25, 0.3) is 0 Å². The maximum absolute atomic E-state index is 11.7. The molecule has 2 N–H and O–H groups in total. The van der Waals surface area contributed by atoms with E-state index in [0.29, 0.717) is 18.9 Å². The zero-order valence-electron chi connectivity index (χ0n) is 11.6. The van der Waals surface area contributed by atoms with E-state index in [1.54, 1.807) is 0 Å². The minimum absolute atomic E-state index is 0.132. The summed E-state index contributed by atoms with van der Waals surface area (Å²) in [5.41, 5.74) is 7.23. The number of ether oxygens (including phenoxy) is 1. The lowest BCUT2D eigenvalue weighted by Gasteiger charge is -2.43. The van der Waals surface area contributed by atoms with Crippen molar-refractivity contribution in [2.24, 2.45) is 11.1 Å². The van der Waals surface area contributed by atoms with E-state index in [0.717, 1.165) is 19.3 Å². The van der Waals surface area contributed by atoms with Gasteiger partial charge in [0.2, 0.25) is 0 Å². The first kappa shape index (κ1) is 14.1. The Balaban J connectivity index is 2.29. The van der Waals surface area contributed by atoms with Crippen LogP contribution in [0.5, 0.6) is 0 Å². The number of carbonyl (C=O) groups excluding carboxylic acids is 1. The quantitative estimate of drug-likeness (QED) is 0.848. The molecule has 1 aromatic rings. The summed E-state index contributed by atoms with van der Waals surface area (Å²) < 4.78 is 4.87. The number of carbonyl (C=O) groups is 1. The Kier molecular flexibility index (Phi) is 4.59. The summed E-state index contributed by atoms with van der Waals surface area (Å²) >= 11 is 0. The third-order valence-electron chi connectivity index (χ3n) is 4.49. The van der Waals surface area contributed by atoms with Crippen LogP contribution < -0.4 is 5.73 Å². The van der Waals surface area contributed by atoms with Crippen molar-refractivity contribution in [2.75, 3.05) is 13.7 Å². The van der Waals surface area contributed by atoms with Gasteiger partial charge in [-0.2, -0.15) is 0 Å². The Morgan fingerprint density at radius 3 is 2.74 bits per heavy atom. The minimum atomic E-state index is -0.145. The largest absolute Gasteiger partial charge is 0.469 e. The smallest absolute Gasteiger partial charge is 0.306 e. The molecule has 1 fully saturated rings. The number of hydrogen-bond acceptors (Lipinski definition) is 3. The van der Waals surface area contributed by atoms with E-state index in [-0.39, 0.29) is 11.4 Å². The van der Waals surface area contributed by atoms with Crippen molar-refractivity contribution in [1.29, 1.82) is 0 Å². The third-order valence-corrected chi connectivity index (χ3v) is 4.49. The molecule has 0 aromatic heterocycles. The lowest BCUT2D eigenvalue weighted by molar-refractivity contribution is -0.144. The van der Waals surface area contributed by atoms with Crippen LogP contribution in [-0.4, -0.2) is 19.6 Å². The van der Waals surface area contributed by atoms with Gasteiger partial charge >= 0.3 is 5.97 Å². The zero-order chi connectivity index (χ0) is 13.7. The molecule has 2 atom stereocenters. The Morgan fingerprint density at radius 1 is 1.37 bits per heavy atom. The standard InChI is InChI=1S/C16H23NO2/c1-19-15(18)11-16(12-17)10-6-5-9-14(16)13-7-3-2-4-8-13/h2-4,7-8,14H,5-6,9-12,17H2,1H3. The predicted octanol–water partition coefficient (Wildman–Crippen LogP) is 2.85. The maximum atomic E-state index is 11.7. The first-order valence-electron chi connectivity index (χ1n) is 7.04. The van der Waals surface area contributed by atoms with E-state index in [1.807, 2.05) is 6.07 Å². The van der Waals surface area contributed by atoms with Crippen LogP contribution >= 0.6 is 0 Å². The Labute approximate surface area is 115 Å². The highest BCUT2D eigenvalue weighted by molar-refractivity contribution is 5.70. The molecule has 0 saturated heterocycles. The fraction of sp³-hybridized carbons (Fsp3) is 0.562. The summed E-state index contributed by atoms with van der Waals surface area (Å²) in [5, 5.41) is 0. The zero-order valence-corrected chi connectivity index (χ0v) is 11.6. The second kappa shape index (κ2) is 6.20. The SMILES string of the molecule is COC(=O)CC1(CN)CCCCC1c1ccccc1. The third kappa shape index (κ3) is 2.98. The highest BCUT2D eigenvalue weighted by atomic mass is 16.5. The van der Waals surface area contributed by atoms with E-state index >= 15 is 0 Å². The van der Waals surface area contributed by atoms with Gasteiger partial charge in [-0.3, -0.25) is 4.79 Å². The molecule has 2 rings (SSSR count). The second-order valence-electron chi connectivity index (χ2n) is 5.53. The van der Waals surface area contributed by atoms with Gasteiger partial charge in [0.05, 0.1) is 13.5 Å². The summed E-state index contributed by atoms with van der Waals surface area (Å²) in [6.45, 7) is 0.543. The normalized spacial score (nSPS) is 26.9. The van der Waals surface area contributed by atoms with Gasteiger partial charge in [0.15, 0.2) is 0 Å². The van der Waals surface area contributed by atoms with Crippen molar-refractivity contribution in [1.82, 2.24) is 0 Å². The summed E-state index contributed by atoms with van der Waals surface area (Å²) in [6.07, 6.45) is 4.91. The van der Waals surface area contributed by atoms with Gasteiger partial charge in [0.25, 0.3) is 0 Å². The Hall–Kier alpha value is -1.35. The molecule has 0 amide bonds. The van der Waals surface area contributed by atoms with Gasteiger partial charge in [-0.15, -0.1) is 0 Å². The molecule has 0 aliphatic heterocycles. The number of nitrogens with two attached hydrogens (primary N) is 1. The van der Waals surface area contributed by atoms with Crippen molar-refractivity contribution in [2.45, 2.75) is 38.0 Å². The molecule has 1 aliphatic carbocycles. The second-order valence-corrected chi connectivity index (χ2v) is 5.53. The highest BCUT2D eigenvalue weighted by Gasteiger charge is 2.42. The van der Waals surface area contributed by atoms with Crippen LogP contribution in [0.4, 0.5) is 0 Å². The van der Waals surface area contributed by atoms with Crippen LogP contribution in [0.3, 0.4) is 0 Å². The fourth-order valence-corrected chi connectivity index (χ4v) is 3.40. The number of hydrogen-bond donors (Lipinski definition) is 1. The van der Waals surface area contributed by atoms with Crippen LogP contribution in [0, 0.1) is 5.41 Å². The number of benzene rings is 1. The molecule has 19 heavy (non-hydrogen) atoms.